The van der Waals surface area contributed by atoms with E-state index < -0.39 is 0 Å². The molecule has 5 rings (SSSR count). The van der Waals surface area contributed by atoms with Crippen LogP contribution in [0.2, 0.25) is 0 Å². The maximum Gasteiger partial charge on any atom is 0.180 e. The Bertz CT molecular complexity index is 1170. The first-order chi connectivity index (χ1) is 15.2. The molecule has 0 saturated carbocycles. The first-order valence-corrected chi connectivity index (χ1v) is 11.5. The lowest BCUT2D eigenvalue weighted by atomic mass is 10.1. The molecule has 1 fully saturated rings. The monoisotopic (exact) mass is 437 g/mol. The largest absolute Gasteiger partial charge is 0.329 e. The van der Waals surface area contributed by atoms with E-state index >= 15 is 0 Å². The molecule has 5 heterocycles. The smallest absolute Gasteiger partial charge is 0.180 e. The molecular weight excluding hydrogens is 410 g/mol. The lowest BCUT2D eigenvalue weighted by Crippen LogP contribution is -2.29. The molecule has 162 valence electrons. The highest BCUT2D eigenvalue weighted by molar-refractivity contribution is 7.10. The van der Waals surface area contributed by atoms with Crippen LogP contribution in [-0.2, 0) is 13.1 Å². The molecule has 0 spiro atoms. The summed E-state index contributed by atoms with van der Waals surface area (Å²) in [6, 6.07) is 2.13. The molecule has 1 saturated heterocycles. The second kappa shape index (κ2) is 8.74. The third-order valence-corrected chi connectivity index (χ3v) is 6.28. The number of piperidine rings is 1. The highest BCUT2D eigenvalue weighted by Gasteiger charge is 2.16. The number of aromatic nitrogens is 6. The van der Waals surface area contributed by atoms with Gasteiger partial charge in [0.15, 0.2) is 11.5 Å². The number of nitrogens with one attached hydrogen (secondary N) is 1. The van der Waals surface area contributed by atoms with Gasteiger partial charge in [-0.2, -0.15) is 9.47 Å². The summed E-state index contributed by atoms with van der Waals surface area (Å²) < 4.78 is 8.55. The van der Waals surface area contributed by atoms with Gasteiger partial charge in [-0.25, -0.2) is 9.97 Å². The zero-order valence-corrected chi connectivity index (χ0v) is 18.5. The van der Waals surface area contributed by atoms with Crippen LogP contribution in [0.4, 0.5) is 10.8 Å². The SMILES string of the molecule is Cc1cn2c(-c3cnn(CCN)c3)cnc2c(Nc2cc(CN3CCCCC3)ns2)n1. The van der Waals surface area contributed by atoms with E-state index in [0.29, 0.717) is 13.1 Å². The van der Waals surface area contributed by atoms with E-state index in [9.17, 15) is 0 Å². The molecule has 9 nitrogen and oxygen atoms in total. The van der Waals surface area contributed by atoms with Crippen LogP contribution in [0.25, 0.3) is 16.9 Å². The topological polar surface area (TPSA) is 102 Å². The van der Waals surface area contributed by atoms with Gasteiger partial charge in [0.2, 0.25) is 0 Å². The molecule has 10 heteroatoms. The highest BCUT2D eigenvalue weighted by Crippen LogP contribution is 2.28. The van der Waals surface area contributed by atoms with Crippen LogP contribution in [0.3, 0.4) is 0 Å². The van der Waals surface area contributed by atoms with Crippen molar-refractivity contribution in [3.63, 3.8) is 0 Å². The summed E-state index contributed by atoms with van der Waals surface area (Å²) >= 11 is 1.47. The minimum absolute atomic E-state index is 0.556. The second-order valence-electron chi connectivity index (χ2n) is 7.99. The van der Waals surface area contributed by atoms with Gasteiger partial charge in [-0.05, 0) is 50.5 Å². The minimum atomic E-state index is 0.556. The minimum Gasteiger partial charge on any atom is -0.329 e. The summed E-state index contributed by atoms with van der Waals surface area (Å²) in [4.78, 5) is 11.8. The normalized spacial score (nSPS) is 15.0. The standard InChI is InChI=1S/C21H27N9S/c1-15-12-30-18(16-10-24-29(13-16)8-5-22)11-23-21(30)20(25-15)26-19-9-17(27-31-19)14-28-6-3-2-4-7-28/h9-13H,2-8,14,22H2,1H3,(H,25,26). The molecule has 0 amide bonds. The van der Waals surface area contributed by atoms with Gasteiger partial charge < -0.3 is 11.1 Å². The number of fused-ring (bicyclic) bond motifs is 1. The molecule has 0 bridgehead atoms. The number of nitrogens with two attached hydrogens (primary N) is 1. The van der Waals surface area contributed by atoms with Crippen molar-refractivity contribution in [1.29, 1.82) is 0 Å². The van der Waals surface area contributed by atoms with E-state index in [2.05, 4.69) is 35.1 Å². The molecule has 0 aliphatic carbocycles. The summed E-state index contributed by atoms with van der Waals surface area (Å²) in [5.41, 5.74) is 10.4. The van der Waals surface area contributed by atoms with Gasteiger partial charge in [0.25, 0.3) is 0 Å². The predicted molar refractivity (Wildman–Crippen MR) is 123 cm³/mol. The molecule has 31 heavy (non-hydrogen) atoms. The van der Waals surface area contributed by atoms with Gasteiger partial charge >= 0.3 is 0 Å². The van der Waals surface area contributed by atoms with Gasteiger partial charge in [-0.1, -0.05) is 6.42 Å². The first kappa shape index (κ1) is 20.1. The Kier molecular flexibility index (Phi) is 5.66. The number of hydrogen-bond acceptors (Lipinski definition) is 8. The van der Waals surface area contributed by atoms with E-state index in [1.54, 1.807) is 0 Å². The number of nitrogens with zero attached hydrogens (tertiary/aromatic N) is 7. The molecule has 4 aromatic heterocycles. The Morgan fingerprint density at radius 3 is 2.87 bits per heavy atom. The molecule has 1 aliphatic rings. The lowest BCUT2D eigenvalue weighted by molar-refractivity contribution is 0.219. The van der Waals surface area contributed by atoms with Crippen LogP contribution < -0.4 is 11.1 Å². The van der Waals surface area contributed by atoms with Gasteiger partial charge in [-0.15, -0.1) is 0 Å². The quantitative estimate of drug-likeness (QED) is 0.458. The van der Waals surface area contributed by atoms with Gasteiger partial charge in [0.1, 0.15) is 5.00 Å². The lowest BCUT2D eigenvalue weighted by Gasteiger charge is -2.25. The fourth-order valence-corrected chi connectivity index (χ4v) is 4.72. The van der Waals surface area contributed by atoms with Crippen molar-refractivity contribution in [2.75, 3.05) is 25.0 Å². The molecular formula is C21H27N9S. The summed E-state index contributed by atoms with van der Waals surface area (Å²) in [6.45, 7) is 6.48. The van der Waals surface area contributed by atoms with Gasteiger partial charge in [0, 0.05) is 31.0 Å². The van der Waals surface area contributed by atoms with Gasteiger partial charge in [-0.3, -0.25) is 14.0 Å². The zero-order valence-electron chi connectivity index (χ0n) is 17.7. The Labute approximate surface area is 185 Å². The van der Waals surface area contributed by atoms with Crippen molar-refractivity contribution in [2.45, 2.75) is 39.3 Å². The molecule has 0 unspecified atom stereocenters. The maximum atomic E-state index is 5.64. The predicted octanol–water partition coefficient (Wildman–Crippen LogP) is 3.05. The molecule has 4 aromatic rings. The number of hydrogen-bond donors (Lipinski definition) is 2. The van der Waals surface area contributed by atoms with Crippen molar-refractivity contribution in [2.24, 2.45) is 5.73 Å². The van der Waals surface area contributed by atoms with Crippen LogP contribution in [0.15, 0.2) is 30.9 Å². The molecule has 0 radical (unpaired) electrons. The van der Waals surface area contributed by atoms with Crippen molar-refractivity contribution in [1.82, 2.24) is 33.4 Å². The van der Waals surface area contributed by atoms with Crippen molar-refractivity contribution < 1.29 is 0 Å². The first-order valence-electron chi connectivity index (χ1n) is 10.7. The molecule has 3 N–H and O–H groups in total. The summed E-state index contributed by atoms with van der Waals surface area (Å²) in [6.07, 6.45) is 11.6. The second-order valence-corrected chi connectivity index (χ2v) is 8.80. The Morgan fingerprint density at radius 2 is 2.03 bits per heavy atom. The zero-order chi connectivity index (χ0) is 21.2. The fraction of sp³-hybridized carbons (Fsp3) is 0.429. The van der Waals surface area contributed by atoms with E-state index in [-0.39, 0.29) is 0 Å². The van der Waals surface area contributed by atoms with E-state index in [1.165, 1.54) is 43.9 Å². The highest BCUT2D eigenvalue weighted by atomic mass is 32.1. The van der Waals surface area contributed by atoms with E-state index in [1.807, 2.05) is 36.4 Å². The number of aryl methyl sites for hydroxylation is 1. The average molecular weight is 438 g/mol. The summed E-state index contributed by atoms with van der Waals surface area (Å²) in [7, 11) is 0. The van der Waals surface area contributed by atoms with Crippen LogP contribution in [-0.4, -0.2) is 53.1 Å². The van der Waals surface area contributed by atoms with Crippen LogP contribution in [0.1, 0.15) is 30.7 Å². The van der Waals surface area contributed by atoms with Crippen LogP contribution in [0, 0.1) is 6.92 Å². The van der Waals surface area contributed by atoms with Crippen LogP contribution in [0.5, 0.6) is 0 Å². The Morgan fingerprint density at radius 1 is 1.16 bits per heavy atom. The van der Waals surface area contributed by atoms with E-state index in [4.69, 9.17) is 10.7 Å². The van der Waals surface area contributed by atoms with Crippen molar-refractivity contribution >= 4 is 28.0 Å². The van der Waals surface area contributed by atoms with Crippen molar-refractivity contribution in [3.8, 4) is 11.3 Å². The average Bonchev–Trinajstić information content (AvgIpc) is 3.49. The number of imidazole rings is 1. The Balaban J connectivity index is 1.39. The third-order valence-electron chi connectivity index (χ3n) is 5.53. The van der Waals surface area contributed by atoms with Crippen LogP contribution >= 0.6 is 11.5 Å². The molecule has 0 aromatic carbocycles. The third kappa shape index (κ3) is 4.32. The number of rotatable bonds is 7. The summed E-state index contributed by atoms with van der Waals surface area (Å²) in [5.74, 6) is 0.730. The number of likely N-dealkylation sites (tertiary alicyclic amines) is 1. The van der Waals surface area contributed by atoms with E-state index in [0.717, 1.165) is 45.7 Å². The fourth-order valence-electron chi connectivity index (χ4n) is 4.07. The molecule has 0 atom stereocenters. The summed E-state index contributed by atoms with van der Waals surface area (Å²) in [5, 5.41) is 8.81. The molecule has 1 aliphatic heterocycles. The maximum absolute atomic E-state index is 5.64. The Hall–Kier alpha value is -2.82. The van der Waals surface area contributed by atoms with Crippen molar-refractivity contribution in [3.05, 3.63) is 42.2 Å². The number of anilines is 2. The van der Waals surface area contributed by atoms with Gasteiger partial charge in [0.05, 0.1) is 36.0 Å².